The smallest absolute Gasteiger partial charge is 0.260 e. The Labute approximate surface area is 339 Å². The fraction of sp³-hybridized carbons (Fsp3) is 0.292. The van der Waals surface area contributed by atoms with Crippen molar-refractivity contribution in [2.45, 2.75) is 79.6 Å². The zero-order chi connectivity index (χ0) is 38.1. The molecule has 1 N–H and O–H groups in total. The van der Waals surface area contributed by atoms with Gasteiger partial charge in [0.1, 0.15) is 23.0 Å². The van der Waals surface area contributed by atoms with E-state index in [1.165, 1.54) is 17.0 Å². The van der Waals surface area contributed by atoms with E-state index < -0.39 is 0 Å². The maximum absolute atomic E-state index is 11.7. The minimum absolute atomic E-state index is 0. The predicted octanol–water partition coefficient (Wildman–Crippen LogP) is 10.7. The normalized spacial score (nSPS) is 12.9. The number of carbonyl (C=O) groups excluding carboxylic acids is 1. The summed E-state index contributed by atoms with van der Waals surface area (Å²) in [5.74, 6) is 4.01. The molecule has 0 unspecified atom stereocenters. The van der Waals surface area contributed by atoms with Crippen LogP contribution in [0.25, 0.3) is 32.8 Å². The van der Waals surface area contributed by atoms with Crippen molar-refractivity contribution in [3.63, 3.8) is 0 Å². The maximum atomic E-state index is 11.7. The van der Waals surface area contributed by atoms with E-state index in [-0.39, 0.29) is 55.6 Å². The van der Waals surface area contributed by atoms with Gasteiger partial charge in [0.05, 0.1) is 5.76 Å². The molecular formula is C48H49BIrNO4-. The average Bonchev–Trinajstić information content (AvgIpc) is 3.17. The number of hydrogen-bond donors (Lipinski definition) is 1. The van der Waals surface area contributed by atoms with Crippen LogP contribution in [0.3, 0.4) is 0 Å². The van der Waals surface area contributed by atoms with Gasteiger partial charge in [-0.2, -0.15) is 0 Å². The fourth-order valence-electron chi connectivity index (χ4n) is 8.02. The molecule has 283 valence electrons. The number of para-hydroxylation sites is 1. The van der Waals surface area contributed by atoms with Crippen LogP contribution in [0.2, 0.25) is 0 Å². The summed E-state index contributed by atoms with van der Waals surface area (Å²) in [7, 11) is 0. The first-order chi connectivity index (χ1) is 26.1. The van der Waals surface area contributed by atoms with Crippen LogP contribution in [-0.2, 0) is 30.3 Å². The summed E-state index contributed by atoms with van der Waals surface area (Å²) in [6.07, 6.45) is 6.81. The Morgan fingerprint density at radius 3 is 2.09 bits per heavy atom. The Kier molecular flexibility index (Phi) is 12.0. The summed E-state index contributed by atoms with van der Waals surface area (Å²) in [5, 5.41) is 14.3. The van der Waals surface area contributed by atoms with Crippen molar-refractivity contribution in [3.05, 3.63) is 121 Å². The van der Waals surface area contributed by atoms with Crippen molar-refractivity contribution in [1.29, 1.82) is 0 Å². The quantitative estimate of drug-likeness (QED) is 0.0712. The third kappa shape index (κ3) is 7.75. The number of hydrogen-bond acceptors (Lipinski definition) is 5. The second kappa shape index (κ2) is 16.6. The SMILES string of the molecule is CC(C)(C)c1cc(-c2nccc3cc4c(cc23)Oc2cccc3c2B4c2ccccc2O3)[c-]c2ccccc12.CCC(CC)C(=O)/C=C(\O)C(CC)CC.[Ir]. The van der Waals surface area contributed by atoms with Gasteiger partial charge in [-0.25, -0.2) is 0 Å². The minimum atomic E-state index is -0.0197. The largest absolute Gasteiger partial charge is 0.512 e. The Hall–Kier alpha value is -4.71. The van der Waals surface area contributed by atoms with Crippen LogP contribution in [0.15, 0.2) is 109 Å². The third-order valence-corrected chi connectivity index (χ3v) is 11.1. The van der Waals surface area contributed by atoms with Gasteiger partial charge in [-0.05, 0) is 83.1 Å². The molecule has 0 atom stereocenters. The van der Waals surface area contributed by atoms with Gasteiger partial charge >= 0.3 is 0 Å². The van der Waals surface area contributed by atoms with Gasteiger partial charge in [-0.15, -0.1) is 29.1 Å². The molecule has 55 heavy (non-hydrogen) atoms. The number of carbonyl (C=O) groups is 1. The molecule has 5 aromatic carbocycles. The molecule has 0 bridgehead atoms. The summed E-state index contributed by atoms with van der Waals surface area (Å²) in [6, 6.07) is 35.4. The summed E-state index contributed by atoms with van der Waals surface area (Å²) in [4.78, 5) is 16.6. The monoisotopic (exact) mass is 907 g/mol. The number of rotatable bonds is 8. The van der Waals surface area contributed by atoms with Crippen molar-refractivity contribution in [3.8, 4) is 34.3 Å². The number of aliphatic hydroxyl groups is 1. The number of nitrogens with zero attached hydrogens (tertiary/aromatic N) is 1. The number of fused-ring (bicyclic) bond motifs is 6. The molecule has 2 aliphatic rings. The third-order valence-electron chi connectivity index (χ3n) is 11.1. The molecule has 0 amide bonds. The number of pyridine rings is 1. The number of ether oxygens (including phenoxy) is 2. The van der Waals surface area contributed by atoms with Gasteiger partial charge in [0.2, 0.25) is 0 Å². The van der Waals surface area contributed by atoms with E-state index in [2.05, 4.69) is 87.5 Å². The molecule has 3 heterocycles. The molecule has 0 saturated heterocycles. The molecule has 0 aliphatic carbocycles. The number of allylic oxidation sites excluding steroid dienone is 2. The zero-order valence-corrected chi connectivity index (χ0v) is 35.2. The van der Waals surface area contributed by atoms with Crippen LogP contribution in [0.5, 0.6) is 23.0 Å². The Balaban J connectivity index is 0.000000276. The van der Waals surface area contributed by atoms with Gasteiger partial charge in [-0.3, -0.25) is 9.78 Å². The van der Waals surface area contributed by atoms with Crippen LogP contribution in [0, 0.1) is 17.9 Å². The molecule has 7 heteroatoms. The first-order valence-corrected chi connectivity index (χ1v) is 19.5. The molecule has 8 rings (SSSR count). The number of aliphatic hydroxyl groups excluding tert-OH is 1. The second-order valence-electron chi connectivity index (χ2n) is 15.5. The van der Waals surface area contributed by atoms with E-state index in [4.69, 9.17) is 14.5 Å². The van der Waals surface area contributed by atoms with Crippen molar-refractivity contribution < 1.29 is 39.5 Å². The van der Waals surface area contributed by atoms with Crippen LogP contribution < -0.4 is 25.9 Å². The van der Waals surface area contributed by atoms with E-state index in [9.17, 15) is 9.90 Å². The van der Waals surface area contributed by atoms with E-state index in [0.29, 0.717) is 0 Å². The van der Waals surface area contributed by atoms with Crippen molar-refractivity contribution in [2.75, 3.05) is 0 Å². The Bertz CT molecular complexity index is 2390. The van der Waals surface area contributed by atoms with Crippen molar-refractivity contribution in [1.82, 2.24) is 4.98 Å². The standard InChI is InChI=1S/C35H25BNO2.C13H24O2.Ir/c1-35(2,3)26-18-23(17-21-9-4-5-10-24(21)26)34-25-20-32-28(19-22(25)15-16-37-34)36-27-11-6-7-12-29(27)38-30-13-8-14-31(39-32)33(30)36;1-5-10(6-2)12(14)9-13(15)11(7-3)8-4;/h4-16,18-20H,1-3H3;9-11,14H,5-8H2,1-4H3;/q-1;;/b;12-9-;. The summed E-state index contributed by atoms with van der Waals surface area (Å²) in [6.45, 7) is 14.9. The zero-order valence-electron chi connectivity index (χ0n) is 32.8. The molecule has 6 aromatic rings. The van der Waals surface area contributed by atoms with Gasteiger partial charge in [0.15, 0.2) is 5.78 Å². The number of aromatic nitrogens is 1. The van der Waals surface area contributed by atoms with Crippen molar-refractivity contribution >= 4 is 50.4 Å². The molecule has 0 spiro atoms. The summed E-state index contributed by atoms with van der Waals surface area (Å²) >= 11 is 0. The summed E-state index contributed by atoms with van der Waals surface area (Å²) < 4.78 is 12.9. The van der Waals surface area contributed by atoms with Crippen LogP contribution in [-0.4, -0.2) is 22.6 Å². The van der Waals surface area contributed by atoms with Gasteiger partial charge in [-0.1, -0.05) is 108 Å². The van der Waals surface area contributed by atoms with Gasteiger partial charge in [0, 0.05) is 55.4 Å². The number of benzene rings is 5. The first-order valence-electron chi connectivity index (χ1n) is 19.5. The first kappa shape index (κ1) is 40.0. The molecule has 0 fully saturated rings. The fourth-order valence-corrected chi connectivity index (χ4v) is 8.02. The van der Waals surface area contributed by atoms with E-state index >= 15 is 0 Å². The Morgan fingerprint density at radius 1 is 0.764 bits per heavy atom. The average molecular weight is 907 g/mol. The minimum Gasteiger partial charge on any atom is -0.512 e. The van der Waals surface area contributed by atoms with E-state index in [1.807, 2.05) is 64.2 Å². The molecular weight excluding hydrogens is 858 g/mol. The Morgan fingerprint density at radius 2 is 1.40 bits per heavy atom. The van der Waals surface area contributed by atoms with Gasteiger partial charge < -0.3 is 14.6 Å². The predicted molar refractivity (Wildman–Crippen MR) is 224 cm³/mol. The molecule has 5 nitrogen and oxygen atoms in total. The van der Waals surface area contributed by atoms with E-state index in [0.717, 1.165) is 92.5 Å². The number of ketones is 1. The van der Waals surface area contributed by atoms with Crippen LogP contribution >= 0.6 is 0 Å². The summed E-state index contributed by atoms with van der Waals surface area (Å²) in [5.41, 5.74) is 6.59. The second-order valence-corrected chi connectivity index (χ2v) is 15.5. The molecule has 2 aliphatic heterocycles. The molecule has 1 radical (unpaired) electrons. The topological polar surface area (TPSA) is 68.7 Å². The van der Waals surface area contributed by atoms with Gasteiger partial charge in [0.25, 0.3) is 6.71 Å². The van der Waals surface area contributed by atoms with Crippen molar-refractivity contribution in [2.24, 2.45) is 11.8 Å². The van der Waals surface area contributed by atoms with Crippen LogP contribution in [0.4, 0.5) is 0 Å². The van der Waals surface area contributed by atoms with Crippen LogP contribution in [0.1, 0.15) is 79.7 Å². The molecule has 1 aromatic heterocycles. The molecule has 0 saturated carbocycles. The maximum Gasteiger partial charge on any atom is 0.260 e. The van der Waals surface area contributed by atoms with E-state index in [1.54, 1.807) is 0 Å².